The van der Waals surface area contributed by atoms with Crippen LogP contribution in [0, 0.1) is 6.92 Å². The Bertz CT molecular complexity index is 617. The van der Waals surface area contributed by atoms with E-state index in [0.717, 1.165) is 31.6 Å². The SMILES string of the molecule is Cc1cc(C(=O)NC2CCNCC2)cc(-n2ccnc2)n1. The van der Waals surface area contributed by atoms with Crippen LogP contribution in [-0.4, -0.2) is 39.6 Å². The molecular formula is C15H19N5O. The maximum absolute atomic E-state index is 12.4. The Balaban J connectivity index is 1.79. The van der Waals surface area contributed by atoms with Crippen LogP contribution < -0.4 is 10.6 Å². The van der Waals surface area contributed by atoms with Crippen molar-refractivity contribution in [3.8, 4) is 5.82 Å². The lowest BCUT2D eigenvalue weighted by atomic mass is 10.1. The van der Waals surface area contributed by atoms with Gasteiger partial charge in [-0.3, -0.25) is 9.36 Å². The van der Waals surface area contributed by atoms with Crippen molar-refractivity contribution in [1.29, 1.82) is 0 Å². The molecule has 0 aromatic carbocycles. The Morgan fingerprint density at radius 2 is 2.19 bits per heavy atom. The Morgan fingerprint density at radius 1 is 1.38 bits per heavy atom. The zero-order valence-corrected chi connectivity index (χ0v) is 12.0. The predicted molar refractivity (Wildman–Crippen MR) is 79.5 cm³/mol. The molecule has 2 aromatic heterocycles. The summed E-state index contributed by atoms with van der Waals surface area (Å²) < 4.78 is 1.80. The zero-order valence-electron chi connectivity index (χ0n) is 12.0. The Hall–Kier alpha value is -2.21. The molecule has 2 aromatic rings. The smallest absolute Gasteiger partial charge is 0.251 e. The molecule has 0 spiro atoms. The second-order valence-corrected chi connectivity index (χ2v) is 5.32. The standard InChI is InChI=1S/C15H19N5O/c1-11-8-12(9-14(18-11)20-7-6-17-10-20)15(21)19-13-2-4-16-5-3-13/h6-10,13,16H,2-5H2,1H3,(H,19,21). The Kier molecular flexibility index (Phi) is 3.96. The van der Waals surface area contributed by atoms with E-state index in [-0.39, 0.29) is 11.9 Å². The van der Waals surface area contributed by atoms with E-state index in [1.54, 1.807) is 23.2 Å². The highest BCUT2D eigenvalue weighted by molar-refractivity contribution is 5.94. The van der Waals surface area contributed by atoms with Crippen LogP contribution >= 0.6 is 0 Å². The van der Waals surface area contributed by atoms with Crippen molar-refractivity contribution in [2.24, 2.45) is 0 Å². The zero-order chi connectivity index (χ0) is 14.7. The number of aryl methyl sites for hydroxylation is 1. The van der Waals surface area contributed by atoms with Gasteiger partial charge in [0.15, 0.2) is 0 Å². The van der Waals surface area contributed by atoms with Crippen LogP contribution in [0.2, 0.25) is 0 Å². The molecule has 0 radical (unpaired) electrons. The molecule has 0 aliphatic carbocycles. The van der Waals surface area contributed by atoms with Gasteiger partial charge in [-0.2, -0.15) is 0 Å². The van der Waals surface area contributed by atoms with Crippen LogP contribution in [0.1, 0.15) is 28.9 Å². The summed E-state index contributed by atoms with van der Waals surface area (Å²) in [5.41, 5.74) is 1.46. The van der Waals surface area contributed by atoms with E-state index < -0.39 is 0 Å². The topological polar surface area (TPSA) is 71.8 Å². The first kappa shape index (κ1) is 13.8. The van der Waals surface area contributed by atoms with Crippen LogP contribution in [0.4, 0.5) is 0 Å². The Labute approximate surface area is 123 Å². The highest BCUT2D eigenvalue weighted by atomic mass is 16.1. The van der Waals surface area contributed by atoms with E-state index in [4.69, 9.17) is 0 Å². The number of piperidine rings is 1. The number of imidazole rings is 1. The third kappa shape index (κ3) is 3.28. The number of amides is 1. The molecule has 6 heteroatoms. The van der Waals surface area contributed by atoms with Crippen molar-refractivity contribution in [2.75, 3.05) is 13.1 Å². The summed E-state index contributed by atoms with van der Waals surface area (Å²) in [6.45, 7) is 3.81. The molecule has 0 bridgehead atoms. The first-order chi connectivity index (χ1) is 10.2. The number of carbonyl (C=O) groups excluding carboxylic acids is 1. The predicted octanol–water partition coefficient (Wildman–Crippen LogP) is 1.06. The third-order valence-electron chi connectivity index (χ3n) is 3.65. The van der Waals surface area contributed by atoms with Crippen molar-refractivity contribution in [1.82, 2.24) is 25.2 Å². The molecule has 0 atom stereocenters. The molecule has 3 heterocycles. The minimum Gasteiger partial charge on any atom is -0.349 e. The first-order valence-corrected chi connectivity index (χ1v) is 7.21. The summed E-state index contributed by atoms with van der Waals surface area (Å²) in [7, 11) is 0. The fourth-order valence-corrected chi connectivity index (χ4v) is 2.54. The van der Waals surface area contributed by atoms with Crippen LogP contribution in [0.3, 0.4) is 0 Å². The Morgan fingerprint density at radius 3 is 2.90 bits per heavy atom. The summed E-state index contributed by atoms with van der Waals surface area (Å²) in [5.74, 6) is 0.678. The fourth-order valence-electron chi connectivity index (χ4n) is 2.54. The number of hydrogen-bond acceptors (Lipinski definition) is 4. The average Bonchev–Trinajstić information content (AvgIpc) is 3.02. The van der Waals surface area contributed by atoms with Crippen LogP contribution in [0.15, 0.2) is 30.9 Å². The summed E-state index contributed by atoms with van der Waals surface area (Å²) in [6, 6.07) is 3.87. The van der Waals surface area contributed by atoms with E-state index in [0.29, 0.717) is 11.4 Å². The van der Waals surface area contributed by atoms with Gasteiger partial charge >= 0.3 is 0 Å². The van der Waals surface area contributed by atoms with E-state index >= 15 is 0 Å². The van der Waals surface area contributed by atoms with Gasteiger partial charge < -0.3 is 10.6 Å². The normalized spacial score (nSPS) is 15.9. The van der Waals surface area contributed by atoms with Crippen molar-refractivity contribution in [3.63, 3.8) is 0 Å². The molecule has 1 saturated heterocycles. The van der Waals surface area contributed by atoms with Crippen molar-refractivity contribution in [2.45, 2.75) is 25.8 Å². The van der Waals surface area contributed by atoms with Gasteiger partial charge in [0.05, 0.1) is 0 Å². The number of nitrogens with one attached hydrogen (secondary N) is 2. The number of aromatic nitrogens is 3. The third-order valence-corrected chi connectivity index (χ3v) is 3.65. The second-order valence-electron chi connectivity index (χ2n) is 5.32. The molecule has 0 unspecified atom stereocenters. The number of pyridine rings is 1. The molecule has 1 aliphatic heterocycles. The summed E-state index contributed by atoms with van der Waals surface area (Å²) in [6.07, 6.45) is 7.14. The lowest BCUT2D eigenvalue weighted by Gasteiger charge is -2.23. The van der Waals surface area contributed by atoms with E-state index in [1.807, 2.05) is 19.2 Å². The van der Waals surface area contributed by atoms with Gasteiger partial charge in [0.1, 0.15) is 12.1 Å². The lowest BCUT2D eigenvalue weighted by Crippen LogP contribution is -2.42. The van der Waals surface area contributed by atoms with Crippen molar-refractivity contribution in [3.05, 3.63) is 42.1 Å². The molecule has 21 heavy (non-hydrogen) atoms. The molecule has 2 N–H and O–H groups in total. The molecule has 0 saturated carbocycles. The van der Waals surface area contributed by atoms with Crippen molar-refractivity contribution >= 4 is 5.91 Å². The second kappa shape index (κ2) is 6.05. The van der Waals surface area contributed by atoms with E-state index in [2.05, 4.69) is 20.6 Å². The highest BCUT2D eigenvalue weighted by Crippen LogP contribution is 2.11. The molecule has 1 aliphatic rings. The van der Waals surface area contributed by atoms with Gasteiger partial charge in [-0.25, -0.2) is 9.97 Å². The average molecular weight is 285 g/mol. The molecule has 1 fully saturated rings. The number of carbonyl (C=O) groups is 1. The minimum atomic E-state index is -0.0336. The summed E-state index contributed by atoms with van der Waals surface area (Å²) >= 11 is 0. The number of rotatable bonds is 3. The molecule has 6 nitrogen and oxygen atoms in total. The number of nitrogens with zero attached hydrogens (tertiary/aromatic N) is 3. The summed E-state index contributed by atoms with van der Waals surface area (Å²) in [4.78, 5) is 20.9. The number of hydrogen-bond donors (Lipinski definition) is 2. The minimum absolute atomic E-state index is 0.0336. The molecule has 1 amide bonds. The van der Waals surface area contributed by atoms with Crippen molar-refractivity contribution < 1.29 is 4.79 Å². The highest BCUT2D eigenvalue weighted by Gasteiger charge is 2.17. The summed E-state index contributed by atoms with van der Waals surface area (Å²) in [5, 5.41) is 6.40. The van der Waals surface area contributed by atoms with Crippen LogP contribution in [-0.2, 0) is 0 Å². The lowest BCUT2D eigenvalue weighted by molar-refractivity contribution is 0.0929. The van der Waals surface area contributed by atoms with Gasteiger partial charge in [0, 0.05) is 29.7 Å². The van der Waals surface area contributed by atoms with Gasteiger partial charge in [-0.05, 0) is 45.0 Å². The largest absolute Gasteiger partial charge is 0.349 e. The van der Waals surface area contributed by atoms with Gasteiger partial charge in [0.2, 0.25) is 0 Å². The van der Waals surface area contributed by atoms with Gasteiger partial charge in [-0.15, -0.1) is 0 Å². The maximum Gasteiger partial charge on any atom is 0.251 e. The van der Waals surface area contributed by atoms with Crippen LogP contribution in [0.5, 0.6) is 0 Å². The van der Waals surface area contributed by atoms with Gasteiger partial charge in [-0.1, -0.05) is 0 Å². The first-order valence-electron chi connectivity index (χ1n) is 7.21. The van der Waals surface area contributed by atoms with Crippen LogP contribution in [0.25, 0.3) is 5.82 Å². The monoisotopic (exact) mass is 285 g/mol. The van der Waals surface area contributed by atoms with E-state index in [1.165, 1.54) is 0 Å². The molecule has 110 valence electrons. The quantitative estimate of drug-likeness (QED) is 0.884. The molecular weight excluding hydrogens is 266 g/mol. The van der Waals surface area contributed by atoms with Gasteiger partial charge in [0.25, 0.3) is 5.91 Å². The van der Waals surface area contributed by atoms with E-state index in [9.17, 15) is 4.79 Å². The fraction of sp³-hybridized carbons (Fsp3) is 0.400. The molecule has 3 rings (SSSR count). The maximum atomic E-state index is 12.4.